The highest BCUT2D eigenvalue weighted by Crippen LogP contribution is 2.31. The van der Waals surface area contributed by atoms with Crippen molar-refractivity contribution in [3.05, 3.63) is 29.6 Å². The van der Waals surface area contributed by atoms with Gasteiger partial charge in [-0.05, 0) is 0 Å². The zero-order valence-electron chi connectivity index (χ0n) is 5.49. The van der Waals surface area contributed by atoms with Crippen LogP contribution in [0.3, 0.4) is 0 Å². The summed E-state index contributed by atoms with van der Waals surface area (Å²) in [6, 6.07) is 0. The number of rotatable bonds is 0. The van der Waals surface area contributed by atoms with E-state index in [1.165, 1.54) is 0 Å². The van der Waals surface area contributed by atoms with Gasteiger partial charge in [-0.1, -0.05) is 0 Å². The molecule has 12 heavy (non-hydrogen) atoms. The average molecular weight is 183 g/mol. The Morgan fingerprint density at radius 2 is 1.67 bits per heavy atom. The lowest BCUT2D eigenvalue weighted by Gasteiger charge is -2.06. The van der Waals surface area contributed by atoms with Crippen molar-refractivity contribution in [2.75, 3.05) is 0 Å². The van der Waals surface area contributed by atoms with Gasteiger partial charge in [0.1, 0.15) is 5.56 Å². The molecule has 1 aromatic rings. The smallest absolute Gasteiger partial charge is 0.261 e. The van der Waals surface area contributed by atoms with E-state index in [2.05, 4.69) is 4.98 Å². The summed E-state index contributed by atoms with van der Waals surface area (Å²) in [7, 11) is 0. The quantitative estimate of drug-likeness (QED) is 0.562. The normalized spacial score (nSPS) is 11.8. The molecule has 0 saturated carbocycles. The van der Waals surface area contributed by atoms with Crippen molar-refractivity contribution in [3.63, 3.8) is 0 Å². The largest absolute Gasteiger partial charge is 0.420 e. The van der Waals surface area contributed by atoms with Gasteiger partial charge >= 0.3 is 6.18 Å². The number of halogens is 5. The summed E-state index contributed by atoms with van der Waals surface area (Å²) in [5, 5.41) is 0. The first kappa shape index (κ1) is 8.89. The Morgan fingerprint density at radius 3 is 2.08 bits per heavy atom. The number of alkyl halides is 3. The van der Waals surface area contributed by atoms with Gasteiger partial charge in [0, 0.05) is 6.20 Å². The van der Waals surface area contributed by atoms with Gasteiger partial charge in [0.15, 0.2) is 11.6 Å². The highest BCUT2D eigenvalue weighted by Gasteiger charge is 2.35. The Labute approximate surface area is 63.8 Å². The van der Waals surface area contributed by atoms with Crippen molar-refractivity contribution >= 4 is 0 Å². The SMILES string of the molecule is Fc1cncc(C(F)(F)F)c1F. The van der Waals surface area contributed by atoms with Crippen molar-refractivity contribution < 1.29 is 22.0 Å². The minimum Gasteiger partial charge on any atom is -0.261 e. The fourth-order valence-electron chi connectivity index (χ4n) is 0.617. The molecule has 1 rings (SSSR count). The molecule has 66 valence electrons. The molecule has 0 aliphatic heterocycles. The second-order valence-corrected chi connectivity index (χ2v) is 1.98. The van der Waals surface area contributed by atoms with E-state index in [4.69, 9.17) is 0 Å². The number of hydrogen-bond acceptors (Lipinski definition) is 1. The third-order valence-corrected chi connectivity index (χ3v) is 1.14. The number of pyridine rings is 1. The fourth-order valence-corrected chi connectivity index (χ4v) is 0.617. The van der Waals surface area contributed by atoms with Crippen LogP contribution in [0.5, 0.6) is 0 Å². The first-order valence-electron chi connectivity index (χ1n) is 2.79. The molecular weight excluding hydrogens is 181 g/mol. The van der Waals surface area contributed by atoms with Gasteiger partial charge in [0.2, 0.25) is 0 Å². The molecule has 0 bridgehead atoms. The van der Waals surface area contributed by atoms with Gasteiger partial charge in [-0.3, -0.25) is 4.98 Å². The van der Waals surface area contributed by atoms with E-state index in [-0.39, 0.29) is 6.20 Å². The third-order valence-electron chi connectivity index (χ3n) is 1.14. The van der Waals surface area contributed by atoms with Gasteiger partial charge in [0.25, 0.3) is 0 Å². The van der Waals surface area contributed by atoms with E-state index >= 15 is 0 Å². The third kappa shape index (κ3) is 1.51. The Balaban J connectivity index is 3.26. The Kier molecular flexibility index (Phi) is 1.99. The van der Waals surface area contributed by atoms with Crippen LogP contribution in [0, 0.1) is 11.6 Å². The molecule has 0 unspecified atom stereocenters. The van der Waals surface area contributed by atoms with Crippen LogP contribution in [-0.2, 0) is 6.18 Å². The topological polar surface area (TPSA) is 12.9 Å². The molecule has 0 amide bonds. The number of nitrogens with zero attached hydrogens (tertiary/aromatic N) is 1. The van der Waals surface area contributed by atoms with E-state index in [1.54, 1.807) is 0 Å². The van der Waals surface area contributed by atoms with Crippen LogP contribution < -0.4 is 0 Å². The highest BCUT2D eigenvalue weighted by atomic mass is 19.4. The molecule has 0 aliphatic carbocycles. The lowest BCUT2D eigenvalue weighted by atomic mass is 10.2. The van der Waals surface area contributed by atoms with E-state index in [0.717, 1.165) is 0 Å². The van der Waals surface area contributed by atoms with E-state index in [9.17, 15) is 22.0 Å². The van der Waals surface area contributed by atoms with Crippen LogP contribution in [0.2, 0.25) is 0 Å². The second kappa shape index (κ2) is 2.69. The van der Waals surface area contributed by atoms with Crippen molar-refractivity contribution in [2.24, 2.45) is 0 Å². The second-order valence-electron chi connectivity index (χ2n) is 1.98. The van der Waals surface area contributed by atoms with Gasteiger partial charge in [-0.15, -0.1) is 0 Å². The zero-order chi connectivity index (χ0) is 9.35. The summed E-state index contributed by atoms with van der Waals surface area (Å²) in [6.45, 7) is 0. The first-order chi connectivity index (χ1) is 5.43. The molecule has 1 heterocycles. The van der Waals surface area contributed by atoms with Crippen molar-refractivity contribution in [1.29, 1.82) is 0 Å². The van der Waals surface area contributed by atoms with E-state index < -0.39 is 23.4 Å². The summed E-state index contributed by atoms with van der Waals surface area (Å²) < 4.78 is 59.9. The van der Waals surface area contributed by atoms with Crippen LogP contribution in [-0.4, -0.2) is 4.98 Å². The molecule has 1 aromatic heterocycles. The highest BCUT2D eigenvalue weighted by molar-refractivity contribution is 5.16. The molecule has 0 radical (unpaired) electrons. The van der Waals surface area contributed by atoms with Crippen LogP contribution in [0.25, 0.3) is 0 Å². The summed E-state index contributed by atoms with van der Waals surface area (Å²) in [5.41, 5.74) is -1.69. The van der Waals surface area contributed by atoms with Gasteiger partial charge in [-0.25, -0.2) is 8.78 Å². The summed E-state index contributed by atoms with van der Waals surface area (Å²) in [5.74, 6) is -3.53. The predicted molar refractivity (Wildman–Crippen MR) is 29.2 cm³/mol. The lowest BCUT2D eigenvalue weighted by Crippen LogP contribution is -2.09. The molecule has 0 spiro atoms. The Hall–Kier alpha value is -1.20. The van der Waals surface area contributed by atoms with Gasteiger partial charge in [-0.2, -0.15) is 13.2 Å². The summed E-state index contributed by atoms with van der Waals surface area (Å²) in [4.78, 5) is 2.88. The monoisotopic (exact) mass is 183 g/mol. The van der Waals surface area contributed by atoms with Crippen LogP contribution in [0.4, 0.5) is 22.0 Å². The van der Waals surface area contributed by atoms with Crippen LogP contribution in [0.15, 0.2) is 12.4 Å². The molecule has 0 N–H and O–H groups in total. The van der Waals surface area contributed by atoms with Crippen molar-refractivity contribution in [3.8, 4) is 0 Å². The van der Waals surface area contributed by atoms with E-state index in [1.807, 2.05) is 0 Å². The summed E-state index contributed by atoms with van der Waals surface area (Å²) in [6.07, 6.45) is -4.29. The van der Waals surface area contributed by atoms with Crippen LogP contribution in [0.1, 0.15) is 5.56 Å². The molecule has 0 atom stereocenters. The Morgan fingerprint density at radius 1 is 1.08 bits per heavy atom. The minimum absolute atomic E-state index is 0.235. The molecule has 6 heteroatoms. The fraction of sp³-hybridized carbons (Fsp3) is 0.167. The van der Waals surface area contributed by atoms with Crippen molar-refractivity contribution in [2.45, 2.75) is 6.18 Å². The van der Waals surface area contributed by atoms with Crippen molar-refractivity contribution in [1.82, 2.24) is 4.98 Å². The zero-order valence-corrected chi connectivity index (χ0v) is 5.49. The standard InChI is InChI=1S/C6H2F5N/c7-4-2-12-1-3(5(4)8)6(9,10)11/h1-2H. The maximum absolute atomic E-state index is 12.4. The lowest BCUT2D eigenvalue weighted by molar-refractivity contribution is -0.140. The average Bonchev–Trinajstić information content (AvgIpc) is 1.92. The molecule has 0 saturated heterocycles. The number of hydrogen-bond donors (Lipinski definition) is 0. The maximum Gasteiger partial charge on any atom is 0.420 e. The molecule has 0 aliphatic rings. The number of aromatic nitrogens is 1. The van der Waals surface area contributed by atoms with Gasteiger partial charge < -0.3 is 0 Å². The molecule has 0 fully saturated rings. The molecular formula is C6H2F5N. The molecule has 1 nitrogen and oxygen atoms in total. The van der Waals surface area contributed by atoms with Crippen LogP contribution >= 0.6 is 0 Å². The minimum atomic E-state index is -4.90. The van der Waals surface area contributed by atoms with Gasteiger partial charge in [0.05, 0.1) is 6.20 Å². The summed E-state index contributed by atoms with van der Waals surface area (Å²) >= 11 is 0. The first-order valence-corrected chi connectivity index (χ1v) is 2.79. The maximum atomic E-state index is 12.4. The van der Waals surface area contributed by atoms with E-state index in [0.29, 0.717) is 6.20 Å². The predicted octanol–water partition coefficient (Wildman–Crippen LogP) is 2.38. The molecule has 0 aromatic carbocycles. The Bertz CT molecular complexity index is 292.